The zero-order valence-electron chi connectivity index (χ0n) is 15.5. The van der Waals surface area contributed by atoms with E-state index in [1.165, 1.54) is 7.11 Å². The Morgan fingerprint density at radius 2 is 1.96 bits per heavy atom. The number of carboxylic acids is 1. The van der Waals surface area contributed by atoms with Crippen molar-refractivity contribution in [3.63, 3.8) is 0 Å². The molecule has 1 saturated carbocycles. The van der Waals surface area contributed by atoms with Gasteiger partial charge in [-0.05, 0) is 30.1 Å². The lowest BCUT2D eigenvalue weighted by molar-refractivity contribution is -0.138. The van der Waals surface area contributed by atoms with Crippen LogP contribution >= 0.6 is 0 Å². The average Bonchev–Trinajstić information content (AvgIpc) is 3.01. The van der Waals surface area contributed by atoms with E-state index in [-0.39, 0.29) is 35.9 Å². The maximum absolute atomic E-state index is 11.6. The zero-order valence-corrected chi connectivity index (χ0v) is 15.5. The summed E-state index contributed by atoms with van der Waals surface area (Å²) in [5.41, 5.74) is -0.114. The van der Waals surface area contributed by atoms with E-state index in [1.54, 1.807) is 0 Å². The monoisotopic (exact) mass is 354 g/mol. The molecule has 0 heterocycles. The molecule has 0 spiro atoms. The van der Waals surface area contributed by atoms with Gasteiger partial charge >= 0.3 is 11.9 Å². The summed E-state index contributed by atoms with van der Waals surface area (Å²) in [6.45, 7) is 6.48. The van der Waals surface area contributed by atoms with Crippen molar-refractivity contribution < 1.29 is 24.2 Å². The summed E-state index contributed by atoms with van der Waals surface area (Å²) in [7, 11) is 1.23. The first-order valence-corrected chi connectivity index (χ1v) is 8.69. The van der Waals surface area contributed by atoms with E-state index in [0.717, 1.165) is 19.3 Å². The molecule has 0 saturated heterocycles. The van der Waals surface area contributed by atoms with Crippen LogP contribution in [0.1, 0.15) is 52.9 Å². The molecular formula is C18H30N2O5. The van der Waals surface area contributed by atoms with Crippen LogP contribution in [-0.2, 0) is 19.1 Å². The second kappa shape index (κ2) is 9.08. The van der Waals surface area contributed by atoms with Gasteiger partial charge in [-0.25, -0.2) is 4.79 Å². The van der Waals surface area contributed by atoms with Gasteiger partial charge in [-0.3, -0.25) is 10.2 Å². The topological polar surface area (TPSA) is 117 Å². The number of ether oxygens (including phenoxy) is 1. The molecule has 25 heavy (non-hydrogen) atoms. The minimum absolute atomic E-state index is 0.0536. The fourth-order valence-electron chi connectivity index (χ4n) is 3.92. The lowest BCUT2D eigenvalue weighted by atomic mass is 9.71. The van der Waals surface area contributed by atoms with Crippen molar-refractivity contribution in [3.05, 3.63) is 0 Å². The van der Waals surface area contributed by atoms with Crippen LogP contribution in [0, 0.1) is 22.7 Å². The number of rotatable bonds is 9. The average molecular weight is 354 g/mol. The van der Waals surface area contributed by atoms with Crippen LogP contribution in [0.5, 0.6) is 0 Å². The van der Waals surface area contributed by atoms with Gasteiger partial charge in [-0.15, -0.1) is 0 Å². The highest BCUT2D eigenvalue weighted by molar-refractivity contribution is 6.35. The van der Waals surface area contributed by atoms with Crippen molar-refractivity contribution in [3.8, 4) is 0 Å². The van der Waals surface area contributed by atoms with Crippen molar-refractivity contribution in [1.29, 1.82) is 5.41 Å². The number of carbonyl (C=O) groups excluding carboxylic acids is 2. The SMILES string of the molecule is COC(=O)C(=N)CC(N[C@H](C=O)CC(=O)O)C1CCCC1C(C)(C)C. The van der Waals surface area contributed by atoms with Gasteiger partial charge in [-0.1, -0.05) is 27.2 Å². The predicted molar refractivity (Wildman–Crippen MR) is 93.7 cm³/mol. The van der Waals surface area contributed by atoms with Gasteiger partial charge in [0.15, 0.2) is 0 Å². The largest absolute Gasteiger partial charge is 0.481 e. The summed E-state index contributed by atoms with van der Waals surface area (Å²) in [6, 6.07) is -1.15. The van der Waals surface area contributed by atoms with Gasteiger partial charge in [-0.2, -0.15) is 0 Å². The molecule has 7 heteroatoms. The number of esters is 1. The van der Waals surface area contributed by atoms with E-state index in [2.05, 4.69) is 30.8 Å². The molecule has 142 valence electrons. The molecule has 4 atom stereocenters. The first-order chi connectivity index (χ1) is 11.6. The molecule has 3 N–H and O–H groups in total. The molecule has 3 unspecified atom stereocenters. The highest BCUT2D eigenvalue weighted by Crippen LogP contribution is 2.45. The highest BCUT2D eigenvalue weighted by Gasteiger charge is 2.41. The van der Waals surface area contributed by atoms with Crippen molar-refractivity contribution >= 4 is 23.9 Å². The fourth-order valence-corrected chi connectivity index (χ4v) is 3.92. The van der Waals surface area contributed by atoms with E-state index < -0.39 is 18.0 Å². The summed E-state index contributed by atoms with van der Waals surface area (Å²) in [4.78, 5) is 33.9. The molecule has 7 nitrogen and oxygen atoms in total. The minimum atomic E-state index is -1.06. The summed E-state index contributed by atoms with van der Waals surface area (Å²) in [5.74, 6) is -1.22. The second-order valence-corrected chi connectivity index (χ2v) is 7.86. The number of hydrogen-bond acceptors (Lipinski definition) is 6. The zero-order chi connectivity index (χ0) is 19.2. The lowest BCUT2D eigenvalue weighted by Crippen LogP contribution is -2.48. The third-order valence-electron chi connectivity index (χ3n) is 5.04. The first kappa shape index (κ1) is 21.3. The molecule has 0 aromatic rings. The smallest absolute Gasteiger partial charge is 0.351 e. The van der Waals surface area contributed by atoms with Gasteiger partial charge in [0.05, 0.1) is 19.6 Å². The second-order valence-electron chi connectivity index (χ2n) is 7.86. The Morgan fingerprint density at radius 1 is 1.32 bits per heavy atom. The lowest BCUT2D eigenvalue weighted by Gasteiger charge is -2.38. The van der Waals surface area contributed by atoms with Crippen LogP contribution in [0.2, 0.25) is 0 Å². The Labute approximate surface area is 149 Å². The number of aldehydes is 1. The molecule has 1 rings (SSSR count). The van der Waals surface area contributed by atoms with Gasteiger partial charge in [0, 0.05) is 12.5 Å². The highest BCUT2D eigenvalue weighted by atomic mass is 16.5. The van der Waals surface area contributed by atoms with Crippen molar-refractivity contribution in [2.45, 2.75) is 65.0 Å². The molecular weight excluding hydrogens is 324 g/mol. The maximum atomic E-state index is 11.6. The molecule has 1 fully saturated rings. The van der Waals surface area contributed by atoms with E-state index in [0.29, 0.717) is 12.2 Å². The minimum Gasteiger partial charge on any atom is -0.481 e. The Hall–Kier alpha value is -1.76. The van der Waals surface area contributed by atoms with Gasteiger partial charge in [0.25, 0.3) is 0 Å². The van der Waals surface area contributed by atoms with Crippen molar-refractivity contribution in [1.82, 2.24) is 5.32 Å². The normalized spacial score (nSPS) is 22.9. The van der Waals surface area contributed by atoms with Crippen molar-refractivity contribution in [2.75, 3.05) is 7.11 Å². The summed E-state index contributed by atoms with van der Waals surface area (Å²) < 4.78 is 4.61. The molecule has 0 aliphatic heterocycles. The van der Waals surface area contributed by atoms with Gasteiger partial charge in [0.2, 0.25) is 0 Å². The van der Waals surface area contributed by atoms with Crippen LogP contribution in [0.25, 0.3) is 0 Å². The molecule has 1 aliphatic rings. The third kappa shape index (κ3) is 6.23. The number of aliphatic carboxylic acids is 1. The van der Waals surface area contributed by atoms with E-state index in [9.17, 15) is 14.4 Å². The quantitative estimate of drug-likeness (QED) is 0.331. The Kier molecular flexibility index (Phi) is 7.73. The standard InChI is InChI=1S/C18H30N2O5/c1-18(2,3)13-7-5-6-12(13)15(9-14(19)17(24)25-4)20-11(10-21)8-16(22)23/h10-13,15,19-20H,5-9H2,1-4H3,(H,22,23)/t11-,12?,13?,15?/m0/s1. The number of carboxylic acid groups (broad SMARTS) is 1. The third-order valence-corrected chi connectivity index (χ3v) is 5.04. The Bertz CT molecular complexity index is 512. The predicted octanol–water partition coefficient (Wildman–Crippen LogP) is 2.03. The van der Waals surface area contributed by atoms with Gasteiger partial charge in [0.1, 0.15) is 12.0 Å². The maximum Gasteiger partial charge on any atom is 0.351 e. The van der Waals surface area contributed by atoms with E-state index >= 15 is 0 Å². The summed E-state index contributed by atoms with van der Waals surface area (Å²) in [6.07, 6.45) is 3.40. The molecule has 0 aromatic carbocycles. The summed E-state index contributed by atoms with van der Waals surface area (Å²) in [5, 5.41) is 20.0. The molecule has 0 amide bonds. The van der Waals surface area contributed by atoms with Gasteiger partial charge < -0.3 is 20.0 Å². The molecule has 0 radical (unpaired) electrons. The Morgan fingerprint density at radius 3 is 2.44 bits per heavy atom. The van der Waals surface area contributed by atoms with E-state index in [4.69, 9.17) is 10.5 Å². The number of carbonyl (C=O) groups is 3. The molecule has 0 aromatic heterocycles. The number of hydrogen-bond donors (Lipinski definition) is 3. The number of nitrogens with one attached hydrogen (secondary N) is 2. The fraction of sp³-hybridized carbons (Fsp3) is 0.778. The van der Waals surface area contributed by atoms with Crippen LogP contribution in [-0.4, -0.2) is 48.2 Å². The van der Waals surface area contributed by atoms with Crippen LogP contribution in [0.15, 0.2) is 0 Å². The molecule has 1 aliphatic carbocycles. The van der Waals surface area contributed by atoms with Crippen LogP contribution in [0.3, 0.4) is 0 Å². The summed E-state index contributed by atoms with van der Waals surface area (Å²) >= 11 is 0. The Balaban J connectivity index is 3.01. The van der Waals surface area contributed by atoms with Crippen LogP contribution in [0.4, 0.5) is 0 Å². The first-order valence-electron chi connectivity index (χ1n) is 8.69. The molecule has 0 bridgehead atoms. The van der Waals surface area contributed by atoms with E-state index in [1.807, 2.05) is 0 Å². The number of methoxy groups -OCH3 is 1. The van der Waals surface area contributed by atoms with Crippen LogP contribution < -0.4 is 5.32 Å². The van der Waals surface area contributed by atoms with Crippen molar-refractivity contribution in [2.24, 2.45) is 17.3 Å².